The van der Waals surface area contributed by atoms with E-state index in [1.54, 1.807) is 12.1 Å². The molecule has 0 bridgehead atoms. The minimum absolute atomic E-state index is 0.00715. The highest BCUT2D eigenvalue weighted by atomic mass is 32.2. The van der Waals surface area contributed by atoms with E-state index in [4.69, 9.17) is 0 Å². The summed E-state index contributed by atoms with van der Waals surface area (Å²) in [6.07, 6.45) is -0.0801. The van der Waals surface area contributed by atoms with E-state index in [0.29, 0.717) is 5.56 Å². The number of phenols is 1. The number of halogens is 1. The van der Waals surface area contributed by atoms with Gasteiger partial charge in [-0.05, 0) is 62.7 Å². The van der Waals surface area contributed by atoms with E-state index in [0.717, 1.165) is 9.54 Å². The Kier molecular flexibility index (Phi) is 6.88. The lowest BCUT2D eigenvalue weighted by atomic mass is 9.96. The Balaban J connectivity index is 1.84. The van der Waals surface area contributed by atoms with Crippen molar-refractivity contribution >= 4 is 32.7 Å². The highest BCUT2D eigenvalue weighted by Crippen LogP contribution is 2.35. The smallest absolute Gasteiger partial charge is 0.269 e. The van der Waals surface area contributed by atoms with Crippen molar-refractivity contribution in [3.63, 3.8) is 0 Å². The van der Waals surface area contributed by atoms with Gasteiger partial charge < -0.3 is 10.0 Å². The molecule has 0 unspecified atom stereocenters. The zero-order valence-corrected chi connectivity index (χ0v) is 21.6. The van der Waals surface area contributed by atoms with Crippen LogP contribution in [0.3, 0.4) is 0 Å². The monoisotopic (exact) mass is 523 g/mol. The van der Waals surface area contributed by atoms with Crippen LogP contribution in [0.4, 0.5) is 4.39 Å². The largest absolute Gasteiger partial charge is 0.505 e. The summed E-state index contributed by atoms with van der Waals surface area (Å²) < 4.78 is 41.3. The fourth-order valence-electron chi connectivity index (χ4n) is 4.15. The van der Waals surface area contributed by atoms with Gasteiger partial charge in [-0.15, -0.1) is 0 Å². The molecule has 0 radical (unpaired) electrons. The van der Waals surface area contributed by atoms with E-state index in [1.807, 2.05) is 6.92 Å². The second-order valence-electron chi connectivity index (χ2n) is 8.99. The average molecular weight is 524 g/mol. The van der Waals surface area contributed by atoms with Gasteiger partial charge in [0.15, 0.2) is 5.78 Å². The highest BCUT2D eigenvalue weighted by molar-refractivity contribution is 7.90. The Morgan fingerprint density at radius 3 is 2.24 bits per heavy atom. The maximum Gasteiger partial charge on any atom is 0.269 e. The fraction of sp³-hybridized carbons (Fsp3) is 0.222. The van der Waals surface area contributed by atoms with Gasteiger partial charge in [-0.2, -0.15) is 0 Å². The fourth-order valence-corrected chi connectivity index (χ4v) is 5.63. The number of phenolic OH excluding ortho intramolecular Hbond substituents is 1. The van der Waals surface area contributed by atoms with Crippen molar-refractivity contribution < 1.29 is 27.5 Å². The van der Waals surface area contributed by atoms with Crippen molar-refractivity contribution in [3.05, 3.63) is 88.5 Å². The van der Waals surface area contributed by atoms with Crippen LogP contribution in [-0.4, -0.2) is 53.2 Å². The van der Waals surface area contributed by atoms with Gasteiger partial charge in [0.05, 0.1) is 10.4 Å². The molecule has 10 heteroatoms. The Labute approximate surface area is 214 Å². The van der Waals surface area contributed by atoms with Gasteiger partial charge in [0, 0.05) is 37.2 Å². The molecule has 192 valence electrons. The first-order valence-electron chi connectivity index (χ1n) is 11.5. The standard InChI is InChI=1S/C27H26FN3O5S/c1-16-5-11-20(12-6-16)37(35,36)31-17(2)29-25-23(31)15-22(27(34)30(3)4)21(26(25)33)13-14-24(32)18-7-9-19(28)10-8-18/h5-12,15,33H,13-14H2,1-4H3. The summed E-state index contributed by atoms with van der Waals surface area (Å²) in [7, 11) is -1.03. The van der Waals surface area contributed by atoms with Crippen molar-refractivity contribution in [2.45, 2.75) is 31.6 Å². The third-order valence-electron chi connectivity index (χ3n) is 6.11. The molecule has 0 atom stereocenters. The number of aromatic hydroxyl groups is 1. The Morgan fingerprint density at radius 1 is 1.03 bits per heavy atom. The van der Waals surface area contributed by atoms with E-state index in [1.165, 1.54) is 68.4 Å². The summed E-state index contributed by atoms with van der Waals surface area (Å²) in [6, 6.07) is 12.8. The summed E-state index contributed by atoms with van der Waals surface area (Å²) in [5, 5.41) is 11.2. The molecule has 0 fully saturated rings. The Morgan fingerprint density at radius 2 is 1.65 bits per heavy atom. The number of imidazole rings is 1. The number of Topliss-reactive ketones (excluding diaryl/α,β-unsaturated/α-hetero) is 1. The van der Waals surface area contributed by atoms with Crippen LogP contribution in [0.25, 0.3) is 11.0 Å². The lowest BCUT2D eigenvalue weighted by Gasteiger charge is -2.17. The van der Waals surface area contributed by atoms with Crippen LogP contribution in [0, 0.1) is 19.7 Å². The van der Waals surface area contributed by atoms with Crippen molar-refractivity contribution in [1.29, 1.82) is 0 Å². The summed E-state index contributed by atoms with van der Waals surface area (Å²) >= 11 is 0. The number of hydrogen-bond donors (Lipinski definition) is 1. The van der Waals surface area contributed by atoms with Gasteiger partial charge in [-0.3, -0.25) is 9.59 Å². The first kappa shape index (κ1) is 26.0. The van der Waals surface area contributed by atoms with Crippen LogP contribution < -0.4 is 0 Å². The number of aromatic nitrogens is 2. The number of rotatable bonds is 7. The van der Waals surface area contributed by atoms with E-state index >= 15 is 0 Å². The van der Waals surface area contributed by atoms with Crippen molar-refractivity contribution in [2.75, 3.05) is 14.1 Å². The molecule has 0 aliphatic carbocycles. The SMILES string of the molecule is Cc1ccc(S(=O)(=O)n2c(C)nc3c(O)c(CCC(=O)c4ccc(F)cc4)c(C(=O)N(C)C)cc32)cc1. The number of carbonyl (C=O) groups excluding carboxylic acids is 2. The molecule has 0 aliphatic heterocycles. The van der Waals surface area contributed by atoms with Crippen LogP contribution in [0.15, 0.2) is 59.5 Å². The molecule has 4 aromatic rings. The number of benzene rings is 3. The summed E-state index contributed by atoms with van der Waals surface area (Å²) in [4.78, 5) is 31.4. The third-order valence-corrected chi connectivity index (χ3v) is 7.92. The molecule has 0 saturated heterocycles. The van der Waals surface area contributed by atoms with Gasteiger partial charge in [-0.25, -0.2) is 21.8 Å². The van der Waals surface area contributed by atoms with E-state index in [2.05, 4.69) is 4.98 Å². The zero-order valence-electron chi connectivity index (χ0n) is 20.8. The molecular weight excluding hydrogens is 497 g/mol. The number of aryl methyl sites for hydroxylation is 2. The minimum Gasteiger partial charge on any atom is -0.505 e. The van der Waals surface area contributed by atoms with Crippen molar-refractivity contribution in [3.8, 4) is 5.75 Å². The van der Waals surface area contributed by atoms with Crippen LogP contribution in [0.5, 0.6) is 5.75 Å². The number of carbonyl (C=O) groups is 2. The molecule has 0 saturated carbocycles. The first-order valence-corrected chi connectivity index (χ1v) is 12.9. The molecular formula is C27H26FN3O5S. The second kappa shape index (κ2) is 9.78. The molecule has 1 N–H and O–H groups in total. The predicted octanol–water partition coefficient (Wildman–Crippen LogP) is 4.25. The van der Waals surface area contributed by atoms with Crippen molar-refractivity contribution in [2.24, 2.45) is 0 Å². The van der Waals surface area contributed by atoms with Gasteiger partial charge in [-0.1, -0.05) is 17.7 Å². The van der Waals surface area contributed by atoms with Crippen LogP contribution in [0.1, 0.15) is 44.1 Å². The molecule has 3 aromatic carbocycles. The summed E-state index contributed by atoms with van der Waals surface area (Å²) in [6.45, 7) is 3.34. The normalized spacial score (nSPS) is 11.6. The molecule has 1 amide bonds. The lowest BCUT2D eigenvalue weighted by Crippen LogP contribution is -2.23. The molecule has 37 heavy (non-hydrogen) atoms. The molecule has 0 aliphatic rings. The predicted molar refractivity (Wildman–Crippen MR) is 137 cm³/mol. The van der Waals surface area contributed by atoms with E-state index in [-0.39, 0.29) is 57.3 Å². The topological polar surface area (TPSA) is 110 Å². The lowest BCUT2D eigenvalue weighted by molar-refractivity contribution is 0.0825. The van der Waals surface area contributed by atoms with Gasteiger partial charge in [0.2, 0.25) is 0 Å². The van der Waals surface area contributed by atoms with Crippen LogP contribution in [0.2, 0.25) is 0 Å². The third kappa shape index (κ3) is 4.84. The van der Waals surface area contributed by atoms with Crippen LogP contribution >= 0.6 is 0 Å². The summed E-state index contributed by atoms with van der Waals surface area (Å²) in [5.41, 5.74) is 1.48. The maximum absolute atomic E-state index is 13.5. The highest BCUT2D eigenvalue weighted by Gasteiger charge is 2.28. The Hall–Kier alpha value is -4.05. The molecule has 1 aromatic heterocycles. The molecule has 8 nitrogen and oxygen atoms in total. The summed E-state index contributed by atoms with van der Waals surface area (Å²) in [5.74, 6) is -1.50. The van der Waals surface area contributed by atoms with Gasteiger partial charge in [0.25, 0.3) is 15.9 Å². The van der Waals surface area contributed by atoms with Crippen molar-refractivity contribution in [1.82, 2.24) is 13.9 Å². The zero-order chi connectivity index (χ0) is 27.1. The van der Waals surface area contributed by atoms with E-state index < -0.39 is 21.7 Å². The van der Waals surface area contributed by atoms with Crippen LogP contribution in [-0.2, 0) is 16.4 Å². The molecule has 4 rings (SSSR count). The minimum atomic E-state index is -4.09. The van der Waals surface area contributed by atoms with Gasteiger partial charge in [0.1, 0.15) is 22.9 Å². The maximum atomic E-state index is 13.5. The molecule has 0 spiro atoms. The Bertz CT molecular complexity index is 1620. The van der Waals surface area contributed by atoms with E-state index in [9.17, 15) is 27.5 Å². The van der Waals surface area contributed by atoms with Gasteiger partial charge >= 0.3 is 0 Å². The number of nitrogens with zero attached hydrogens (tertiary/aromatic N) is 3. The number of ketones is 1. The molecule has 1 heterocycles. The second-order valence-corrected chi connectivity index (χ2v) is 10.8. The first-order chi connectivity index (χ1) is 17.4. The number of hydrogen-bond acceptors (Lipinski definition) is 6. The number of fused-ring (bicyclic) bond motifs is 1. The quantitative estimate of drug-likeness (QED) is 0.363. The number of amides is 1. The average Bonchev–Trinajstić information content (AvgIpc) is 3.20.